The molecule has 0 rings (SSSR count). The molecule has 0 aromatic rings. The van der Waals surface area contributed by atoms with Crippen molar-refractivity contribution in [3.05, 3.63) is 0 Å². The first-order valence-electron chi connectivity index (χ1n) is 4.09. The van der Waals surface area contributed by atoms with Crippen molar-refractivity contribution in [1.82, 2.24) is 0 Å². The molecule has 0 aliphatic carbocycles. The predicted octanol–water partition coefficient (Wildman–Crippen LogP) is 4.32. The minimum Gasteiger partial charge on any atom is -0.336 e. The lowest BCUT2D eigenvalue weighted by Gasteiger charge is -2.26. The lowest BCUT2D eigenvalue weighted by atomic mass is 10.9. The number of hydrogen-bond acceptors (Lipinski definition) is 2. The summed E-state index contributed by atoms with van der Waals surface area (Å²) in [5.74, 6) is 0. The maximum absolute atomic E-state index is 12.6. The summed E-state index contributed by atoms with van der Waals surface area (Å²) in [6.07, 6.45) is 0. The zero-order chi connectivity index (χ0) is 9.83. The minimum absolute atomic E-state index is 0.751. The van der Waals surface area contributed by atoms with Gasteiger partial charge in [0, 0.05) is 11.2 Å². The second kappa shape index (κ2) is 4.75. The van der Waals surface area contributed by atoms with Gasteiger partial charge in [-0.1, -0.05) is 20.8 Å². The van der Waals surface area contributed by atoms with Crippen LogP contribution in [0.25, 0.3) is 0 Å². The highest BCUT2D eigenvalue weighted by atomic mass is 35.7. The Labute approximate surface area is 78.9 Å². The Morgan fingerprint density at radius 3 is 1.75 bits per heavy atom. The molecule has 0 radical (unpaired) electrons. The van der Waals surface area contributed by atoms with Crippen LogP contribution in [0.1, 0.15) is 20.8 Å². The van der Waals surface area contributed by atoms with Gasteiger partial charge in [0.05, 0.1) is 0 Å². The van der Waals surface area contributed by atoms with Gasteiger partial charge in [0.2, 0.25) is 8.32 Å². The molecule has 0 saturated heterocycles. The fourth-order valence-electron chi connectivity index (χ4n) is 1.17. The normalized spacial score (nSPS) is 17.4. The van der Waals surface area contributed by atoms with Crippen molar-refractivity contribution in [1.29, 1.82) is 0 Å². The van der Waals surface area contributed by atoms with Gasteiger partial charge in [-0.2, -0.15) is 0 Å². The van der Waals surface area contributed by atoms with Gasteiger partial charge in [0.1, 0.15) is 0 Å². The van der Waals surface area contributed by atoms with E-state index in [-0.39, 0.29) is 0 Å². The molecule has 0 heterocycles. The largest absolute Gasteiger partial charge is 0.451 e. The first-order valence-corrected chi connectivity index (χ1v) is 9.04. The molecule has 1 atom stereocenters. The van der Waals surface area contributed by atoms with Crippen molar-refractivity contribution < 1.29 is 13.0 Å². The number of rotatable bonds is 5. The van der Waals surface area contributed by atoms with E-state index in [0.29, 0.717) is 0 Å². The van der Waals surface area contributed by atoms with Gasteiger partial charge in [-0.3, -0.25) is 0 Å². The fourth-order valence-corrected chi connectivity index (χ4v) is 7.34. The Balaban J connectivity index is 4.41. The molecule has 0 aromatic heterocycles. The lowest BCUT2D eigenvalue weighted by molar-refractivity contribution is 0.445. The SMILES string of the molecule is CC[Si](CC)(CC)OP(=O)(F)Cl. The third kappa shape index (κ3) is 4.03. The topological polar surface area (TPSA) is 26.3 Å². The first kappa shape index (κ1) is 12.6. The van der Waals surface area contributed by atoms with E-state index in [1.54, 1.807) is 0 Å². The highest BCUT2D eigenvalue weighted by molar-refractivity contribution is 7.82. The minimum atomic E-state index is -4.30. The third-order valence-corrected chi connectivity index (χ3v) is 9.12. The summed E-state index contributed by atoms with van der Waals surface area (Å²) in [6, 6.07) is 2.25. The summed E-state index contributed by atoms with van der Waals surface area (Å²) in [4.78, 5) is 0. The zero-order valence-electron chi connectivity index (χ0n) is 7.64. The molecule has 12 heavy (non-hydrogen) atoms. The zero-order valence-corrected chi connectivity index (χ0v) is 10.3. The number of hydrogen-bond donors (Lipinski definition) is 0. The molecule has 0 saturated carbocycles. The Bertz CT molecular complexity index is 172. The van der Waals surface area contributed by atoms with Crippen molar-refractivity contribution in [2.45, 2.75) is 38.9 Å². The van der Waals surface area contributed by atoms with Gasteiger partial charge < -0.3 is 4.21 Å². The van der Waals surface area contributed by atoms with E-state index in [4.69, 9.17) is 15.5 Å². The third-order valence-electron chi connectivity index (χ3n) is 2.23. The fraction of sp³-hybridized carbons (Fsp3) is 1.00. The van der Waals surface area contributed by atoms with Crippen LogP contribution in [0.15, 0.2) is 0 Å². The molecule has 6 heteroatoms. The molecule has 0 fully saturated rings. The lowest BCUT2D eigenvalue weighted by Crippen LogP contribution is -2.33. The Hall–Kier alpha value is 0.627. The molecular formula is C6H15ClFO2PSi. The first-order chi connectivity index (χ1) is 5.39. The second-order valence-corrected chi connectivity index (χ2v) is 10.0. The van der Waals surface area contributed by atoms with Gasteiger partial charge in [-0.15, -0.1) is 4.20 Å². The Kier molecular flexibility index (Phi) is 5.00. The van der Waals surface area contributed by atoms with Crippen molar-refractivity contribution >= 4 is 26.6 Å². The van der Waals surface area contributed by atoms with Crippen LogP contribution in [0.5, 0.6) is 0 Å². The molecule has 0 aliphatic heterocycles. The molecule has 2 nitrogen and oxygen atoms in total. The van der Waals surface area contributed by atoms with Crippen LogP contribution >= 0.6 is 18.3 Å². The van der Waals surface area contributed by atoms with E-state index in [0.717, 1.165) is 18.1 Å². The van der Waals surface area contributed by atoms with E-state index in [9.17, 15) is 8.76 Å². The molecule has 74 valence electrons. The Morgan fingerprint density at radius 2 is 1.67 bits per heavy atom. The van der Waals surface area contributed by atoms with E-state index in [2.05, 4.69) is 0 Å². The van der Waals surface area contributed by atoms with Crippen LogP contribution in [-0.2, 0) is 8.78 Å². The molecule has 0 spiro atoms. The summed E-state index contributed by atoms with van der Waals surface area (Å²) in [6.45, 7) is 5.77. The van der Waals surface area contributed by atoms with Crippen LogP contribution in [0.3, 0.4) is 0 Å². The van der Waals surface area contributed by atoms with Gasteiger partial charge in [-0.05, 0) is 18.1 Å². The average Bonchev–Trinajstić information content (AvgIpc) is 1.99. The van der Waals surface area contributed by atoms with Crippen LogP contribution in [0.2, 0.25) is 18.1 Å². The predicted molar refractivity (Wildman–Crippen MR) is 52.8 cm³/mol. The summed E-state index contributed by atoms with van der Waals surface area (Å²) in [5, 5.41) is 0. The van der Waals surface area contributed by atoms with Gasteiger partial charge in [0.15, 0.2) is 0 Å². The molecule has 1 unspecified atom stereocenters. The molecular weight excluding hydrogens is 218 g/mol. The molecule has 0 aliphatic rings. The van der Waals surface area contributed by atoms with E-state index >= 15 is 0 Å². The van der Waals surface area contributed by atoms with E-state index < -0.39 is 15.3 Å². The van der Waals surface area contributed by atoms with Crippen molar-refractivity contribution in [2.75, 3.05) is 0 Å². The summed E-state index contributed by atoms with van der Waals surface area (Å²) in [5.41, 5.74) is 0. The number of halogens is 2. The quantitative estimate of drug-likeness (QED) is 0.521. The summed E-state index contributed by atoms with van der Waals surface area (Å²) < 4.78 is 28.1. The molecule has 0 N–H and O–H groups in total. The summed E-state index contributed by atoms with van der Waals surface area (Å²) >= 11 is 4.96. The van der Waals surface area contributed by atoms with Crippen LogP contribution in [0, 0.1) is 0 Å². The van der Waals surface area contributed by atoms with Crippen LogP contribution < -0.4 is 0 Å². The van der Waals surface area contributed by atoms with Gasteiger partial charge >= 0.3 is 7.03 Å². The molecule has 0 bridgehead atoms. The summed E-state index contributed by atoms with van der Waals surface area (Å²) in [7, 11) is -6.43. The smallest absolute Gasteiger partial charge is 0.336 e. The highest BCUT2D eigenvalue weighted by Gasteiger charge is 2.36. The highest BCUT2D eigenvalue weighted by Crippen LogP contribution is 2.57. The Morgan fingerprint density at radius 1 is 1.33 bits per heavy atom. The maximum Gasteiger partial charge on any atom is 0.451 e. The monoisotopic (exact) mass is 232 g/mol. The molecule has 0 amide bonds. The standard InChI is InChI=1S/C6H15ClFO2PSi/c1-4-12(5-2,6-3)10-11(7,8)9/h4-6H2,1-3H3. The van der Waals surface area contributed by atoms with Crippen LogP contribution in [-0.4, -0.2) is 8.32 Å². The van der Waals surface area contributed by atoms with Crippen LogP contribution in [0.4, 0.5) is 4.20 Å². The van der Waals surface area contributed by atoms with E-state index in [1.165, 1.54) is 0 Å². The van der Waals surface area contributed by atoms with Crippen molar-refractivity contribution in [2.24, 2.45) is 0 Å². The maximum atomic E-state index is 12.6. The van der Waals surface area contributed by atoms with Gasteiger partial charge in [-0.25, -0.2) is 4.57 Å². The van der Waals surface area contributed by atoms with Crippen molar-refractivity contribution in [3.8, 4) is 0 Å². The van der Waals surface area contributed by atoms with Crippen molar-refractivity contribution in [3.63, 3.8) is 0 Å². The average molecular weight is 233 g/mol. The van der Waals surface area contributed by atoms with Gasteiger partial charge in [0.25, 0.3) is 0 Å². The van der Waals surface area contributed by atoms with E-state index in [1.807, 2.05) is 20.8 Å². The molecule has 0 aromatic carbocycles. The second-order valence-electron chi connectivity index (χ2n) is 2.75.